The van der Waals surface area contributed by atoms with E-state index in [1.165, 1.54) is 12.1 Å². The van der Waals surface area contributed by atoms with E-state index in [9.17, 15) is 19.7 Å². The first-order valence-electron chi connectivity index (χ1n) is 9.77. The van der Waals surface area contributed by atoms with Gasteiger partial charge in [-0.15, -0.1) is 0 Å². The van der Waals surface area contributed by atoms with Crippen molar-refractivity contribution in [2.24, 2.45) is 0 Å². The van der Waals surface area contributed by atoms with Crippen molar-refractivity contribution in [3.63, 3.8) is 0 Å². The monoisotopic (exact) mass is 390 g/mol. The van der Waals surface area contributed by atoms with Crippen LogP contribution in [0.1, 0.15) is 48.3 Å². The van der Waals surface area contributed by atoms with Crippen LogP contribution in [0.4, 0.5) is 11.4 Å². The molecule has 1 aliphatic carbocycles. The van der Waals surface area contributed by atoms with Gasteiger partial charge >= 0.3 is 0 Å². The van der Waals surface area contributed by atoms with Crippen LogP contribution >= 0.6 is 0 Å². The largest absolute Gasteiger partial charge is 0.294 e. The van der Waals surface area contributed by atoms with E-state index in [0.29, 0.717) is 36.2 Å². The van der Waals surface area contributed by atoms with E-state index in [4.69, 9.17) is 0 Å². The molecule has 0 aromatic heterocycles. The minimum absolute atomic E-state index is 0.0662. The van der Waals surface area contributed by atoms with Gasteiger partial charge in [-0.25, -0.2) is 0 Å². The summed E-state index contributed by atoms with van der Waals surface area (Å²) in [6.07, 6.45) is 1.93. The topological polar surface area (TPSA) is 80.5 Å². The molecule has 29 heavy (non-hydrogen) atoms. The Labute approximate surface area is 169 Å². The van der Waals surface area contributed by atoms with Crippen molar-refractivity contribution in [1.82, 2.24) is 0 Å². The van der Waals surface area contributed by atoms with Crippen molar-refractivity contribution in [3.8, 4) is 0 Å². The molecular weight excluding hydrogens is 368 g/mol. The van der Waals surface area contributed by atoms with Crippen molar-refractivity contribution >= 4 is 23.1 Å². The number of allylic oxidation sites excluding steroid dienone is 2. The Kier molecular flexibility index (Phi) is 4.78. The average molecular weight is 390 g/mol. The van der Waals surface area contributed by atoms with Crippen LogP contribution in [0.3, 0.4) is 0 Å². The second-order valence-corrected chi connectivity index (χ2v) is 7.76. The van der Waals surface area contributed by atoms with E-state index in [1.54, 1.807) is 11.0 Å². The SMILES string of the molecule is Cc1cccc(C2CC(=O)N(c3cc([N+](=O)[O-])ccc3C)C3=C2C(=O)CCC3)c1. The third-order valence-electron chi connectivity index (χ3n) is 5.76. The highest BCUT2D eigenvalue weighted by Gasteiger charge is 2.40. The van der Waals surface area contributed by atoms with Crippen LogP contribution in [0.15, 0.2) is 53.7 Å². The van der Waals surface area contributed by atoms with E-state index in [1.807, 2.05) is 38.1 Å². The first-order valence-corrected chi connectivity index (χ1v) is 9.77. The normalized spacial score (nSPS) is 19.4. The molecule has 0 bridgehead atoms. The molecule has 148 valence electrons. The summed E-state index contributed by atoms with van der Waals surface area (Å²) in [5.74, 6) is -0.327. The minimum atomic E-state index is -0.464. The molecule has 0 radical (unpaired) electrons. The number of non-ortho nitro benzene ring substituents is 1. The lowest BCUT2D eigenvalue weighted by Gasteiger charge is -2.38. The first-order chi connectivity index (χ1) is 13.9. The van der Waals surface area contributed by atoms with Crippen LogP contribution < -0.4 is 4.90 Å². The molecule has 1 aliphatic heterocycles. The highest BCUT2D eigenvalue weighted by Crippen LogP contribution is 2.44. The molecule has 0 spiro atoms. The molecule has 1 amide bonds. The lowest BCUT2D eigenvalue weighted by molar-refractivity contribution is -0.384. The molecule has 1 unspecified atom stereocenters. The predicted octanol–water partition coefficient (Wildman–Crippen LogP) is 4.74. The van der Waals surface area contributed by atoms with Gasteiger partial charge in [-0.05, 0) is 37.8 Å². The summed E-state index contributed by atoms with van der Waals surface area (Å²) in [5, 5.41) is 11.3. The molecule has 0 fully saturated rings. The number of ketones is 1. The summed E-state index contributed by atoms with van der Waals surface area (Å²) < 4.78 is 0. The van der Waals surface area contributed by atoms with Gasteiger partial charge in [-0.2, -0.15) is 0 Å². The van der Waals surface area contributed by atoms with Crippen LogP contribution in [0.2, 0.25) is 0 Å². The summed E-state index contributed by atoms with van der Waals surface area (Å²) >= 11 is 0. The molecule has 4 rings (SSSR count). The van der Waals surface area contributed by atoms with Crippen molar-refractivity contribution in [2.45, 2.75) is 45.4 Å². The smallest absolute Gasteiger partial charge is 0.271 e. The number of Topliss-reactive ketones (excluding diaryl/α,β-unsaturated/α-hetero) is 1. The van der Waals surface area contributed by atoms with E-state index in [0.717, 1.165) is 16.7 Å². The Hall–Kier alpha value is -3.28. The van der Waals surface area contributed by atoms with Gasteiger partial charge in [0.05, 0.1) is 10.6 Å². The van der Waals surface area contributed by atoms with Gasteiger partial charge in [-0.3, -0.25) is 24.6 Å². The van der Waals surface area contributed by atoms with E-state index >= 15 is 0 Å². The zero-order chi connectivity index (χ0) is 20.7. The number of rotatable bonds is 3. The van der Waals surface area contributed by atoms with Crippen LogP contribution in [0, 0.1) is 24.0 Å². The van der Waals surface area contributed by atoms with Crippen LogP contribution in [0.25, 0.3) is 0 Å². The van der Waals surface area contributed by atoms with Gasteiger partial charge in [0.1, 0.15) is 0 Å². The molecule has 1 atom stereocenters. The quantitative estimate of drug-likeness (QED) is 0.560. The van der Waals surface area contributed by atoms with Crippen molar-refractivity contribution in [3.05, 3.63) is 80.5 Å². The summed E-state index contributed by atoms with van der Waals surface area (Å²) in [6, 6.07) is 12.4. The van der Waals surface area contributed by atoms with E-state index < -0.39 is 4.92 Å². The second-order valence-electron chi connectivity index (χ2n) is 7.76. The molecule has 0 saturated carbocycles. The number of hydrogen-bond donors (Lipinski definition) is 0. The highest BCUT2D eigenvalue weighted by atomic mass is 16.6. The van der Waals surface area contributed by atoms with E-state index in [2.05, 4.69) is 0 Å². The molecule has 0 saturated heterocycles. The summed E-state index contributed by atoms with van der Waals surface area (Å²) in [7, 11) is 0. The number of hydrogen-bond acceptors (Lipinski definition) is 4. The van der Waals surface area contributed by atoms with E-state index in [-0.39, 0.29) is 29.7 Å². The Balaban J connectivity index is 1.89. The number of anilines is 1. The third-order valence-corrected chi connectivity index (χ3v) is 5.76. The summed E-state index contributed by atoms with van der Waals surface area (Å²) in [6.45, 7) is 3.81. The number of carbonyl (C=O) groups is 2. The van der Waals surface area contributed by atoms with Gasteiger partial charge < -0.3 is 0 Å². The lowest BCUT2D eigenvalue weighted by atomic mass is 9.77. The van der Waals surface area contributed by atoms with Gasteiger partial charge in [0.15, 0.2) is 5.78 Å². The van der Waals surface area contributed by atoms with Crippen molar-refractivity contribution < 1.29 is 14.5 Å². The zero-order valence-corrected chi connectivity index (χ0v) is 16.5. The van der Waals surface area contributed by atoms with Gasteiger partial charge in [0.25, 0.3) is 5.69 Å². The van der Waals surface area contributed by atoms with Gasteiger partial charge in [-0.1, -0.05) is 35.9 Å². The molecule has 0 N–H and O–H groups in total. The number of benzene rings is 2. The summed E-state index contributed by atoms with van der Waals surface area (Å²) in [4.78, 5) is 38.6. The fourth-order valence-corrected chi connectivity index (χ4v) is 4.40. The minimum Gasteiger partial charge on any atom is -0.294 e. The predicted molar refractivity (Wildman–Crippen MR) is 110 cm³/mol. The molecule has 2 aliphatic rings. The Bertz CT molecular complexity index is 1070. The maximum absolute atomic E-state index is 13.3. The Morgan fingerprint density at radius 2 is 1.86 bits per heavy atom. The number of nitrogens with zero attached hydrogens (tertiary/aromatic N) is 2. The molecular formula is C23H22N2O4. The molecule has 2 aromatic carbocycles. The second kappa shape index (κ2) is 7.28. The van der Waals surface area contributed by atoms with Gasteiger partial charge in [0, 0.05) is 42.2 Å². The molecule has 1 heterocycles. The number of aryl methyl sites for hydroxylation is 2. The first kappa shape index (κ1) is 19.1. The molecule has 6 heteroatoms. The molecule has 6 nitrogen and oxygen atoms in total. The zero-order valence-electron chi connectivity index (χ0n) is 16.5. The number of nitro benzene ring substituents is 1. The standard InChI is InChI=1S/C23H22N2O4/c1-14-5-3-6-16(11-14)18-13-22(27)24(19-7-4-8-21(26)23(18)19)20-12-17(25(28)29)10-9-15(20)2/h3,5-6,9-12,18H,4,7-8,13H2,1-2H3. The Morgan fingerprint density at radius 3 is 2.59 bits per heavy atom. The number of carbonyl (C=O) groups excluding carboxylic acids is 2. The van der Waals surface area contributed by atoms with Crippen molar-refractivity contribution in [2.75, 3.05) is 4.90 Å². The van der Waals surface area contributed by atoms with Crippen LogP contribution in [0.5, 0.6) is 0 Å². The average Bonchev–Trinajstić information content (AvgIpc) is 2.68. The lowest BCUT2D eigenvalue weighted by Crippen LogP contribution is -2.41. The molecule has 2 aromatic rings. The van der Waals surface area contributed by atoms with Gasteiger partial charge in [0.2, 0.25) is 5.91 Å². The number of nitro groups is 1. The fraction of sp³-hybridized carbons (Fsp3) is 0.304. The van der Waals surface area contributed by atoms with Crippen LogP contribution in [-0.4, -0.2) is 16.6 Å². The Morgan fingerprint density at radius 1 is 1.07 bits per heavy atom. The van der Waals surface area contributed by atoms with Crippen LogP contribution in [-0.2, 0) is 9.59 Å². The maximum Gasteiger partial charge on any atom is 0.271 e. The highest BCUT2D eigenvalue weighted by molar-refractivity contribution is 6.07. The van der Waals surface area contributed by atoms with Crippen molar-refractivity contribution in [1.29, 1.82) is 0 Å². The fourth-order valence-electron chi connectivity index (χ4n) is 4.40. The number of amides is 1. The third kappa shape index (κ3) is 3.35. The summed E-state index contributed by atoms with van der Waals surface area (Å²) in [5.41, 5.74) is 4.63. The maximum atomic E-state index is 13.3.